The van der Waals surface area contributed by atoms with Gasteiger partial charge in [0.15, 0.2) is 0 Å². The van der Waals surface area contributed by atoms with Crippen LogP contribution in [-0.2, 0) is 14.3 Å². The molecule has 1 aliphatic carbocycles. The number of aryl methyl sites for hydroxylation is 2. The van der Waals surface area contributed by atoms with Gasteiger partial charge in [0.2, 0.25) is 11.8 Å². The van der Waals surface area contributed by atoms with Crippen LogP contribution in [0.3, 0.4) is 0 Å². The standard InChI is InChI=1S/C25H38N4O4/c1-18-6-7-19(2)21(16-18)26-22(30)17-29(20-8-9-20)11-10-23(31)27-12-14-28(15-13-27)24(32)33-25(3,4)5/h6-7,16,20H,8-15,17H2,1-5H3,(H,26,30). The third-order valence-electron chi connectivity index (χ3n) is 5.97. The topological polar surface area (TPSA) is 82.2 Å². The Kier molecular flexibility index (Phi) is 8.00. The van der Waals surface area contributed by atoms with E-state index in [0.717, 1.165) is 29.7 Å². The molecule has 0 bridgehead atoms. The highest BCUT2D eigenvalue weighted by molar-refractivity contribution is 5.93. The summed E-state index contributed by atoms with van der Waals surface area (Å²) in [5.74, 6) is 0.0217. The number of rotatable bonds is 7. The predicted octanol–water partition coefficient (Wildman–Crippen LogP) is 3.18. The predicted molar refractivity (Wildman–Crippen MR) is 128 cm³/mol. The van der Waals surface area contributed by atoms with Crippen molar-refractivity contribution in [3.8, 4) is 0 Å². The van der Waals surface area contributed by atoms with Gasteiger partial charge in [-0.2, -0.15) is 0 Å². The van der Waals surface area contributed by atoms with Gasteiger partial charge < -0.3 is 19.9 Å². The summed E-state index contributed by atoms with van der Waals surface area (Å²) in [5, 5.41) is 3.02. The third kappa shape index (κ3) is 7.74. The van der Waals surface area contributed by atoms with Gasteiger partial charge in [-0.3, -0.25) is 14.5 Å². The Morgan fingerprint density at radius 2 is 1.70 bits per heavy atom. The normalized spacial score (nSPS) is 16.7. The van der Waals surface area contributed by atoms with Gasteiger partial charge in [0.05, 0.1) is 6.54 Å². The summed E-state index contributed by atoms with van der Waals surface area (Å²) in [4.78, 5) is 43.2. The molecule has 1 aromatic carbocycles. The summed E-state index contributed by atoms with van der Waals surface area (Å²) in [6.45, 7) is 12.4. The summed E-state index contributed by atoms with van der Waals surface area (Å²) >= 11 is 0. The van der Waals surface area contributed by atoms with Crippen molar-refractivity contribution in [3.63, 3.8) is 0 Å². The number of carbonyl (C=O) groups is 3. The maximum absolute atomic E-state index is 12.8. The molecule has 1 saturated carbocycles. The van der Waals surface area contributed by atoms with E-state index in [1.165, 1.54) is 0 Å². The zero-order valence-corrected chi connectivity index (χ0v) is 20.6. The average Bonchev–Trinajstić information content (AvgIpc) is 3.57. The third-order valence-corrected chi connectivity index (χ3v) is 5.97. The van der Waals surface area contributed by atoms with Crippen molar-refractivity contribution in [2.45, 2.75) is 65.5 Å². The second kappa shape index (κ2) is 10.5. The van der Waals surface area contributed by atoms with Crippen molar-refractivity contribution in [2.24, 2.45) is 0 Å². The Labute approximate surface area is 197 Å². The van der Waals surface area contributed by atoms with Gasteiger partial charge >= 0.3 is 6.09 Å². The number of nitrogens with zero attached hydrogens (tertiary/aromatic N) is 3. The van der Waals surface area contributed by atoms with Gasteiger partial charge in [0, 0.05) is 50.9 Å². The molecule has 8 heteroatoms. The monoisotopic (exact) mass is 458 g/mol. The first kappa shape index (κ1) is 25.0. The van der Waals surface area contributed by atoms with Crippen LogP contribution in [0.1, 0.15) is 51.2 Å². The Morgan fingerprint density at radius 1 is 1.06 bits per heavy atom. The molecule has 3 amide bonds. The van der Waals surface area contributed by atoms with Crippen molar-refractivity contribution < 1.29 is 19.1 Å². The van der Waals surface area contributed by atoms with E-state index in [1.54, 1.807) is 4.90 Å². The lowest BCUT2D eigenvalue weighted by Crippen LogP contribution is -2.52. The van der Waals surface area contributed by atoms with Gasteiger partial charge in [0.1, 0.15) is 5.60 Å². The first-order valence-electron chi connectivity index (χ1n) is 11.9. The molecule has 33 heavy (non-hydrogen) atoms. The maximum Gasteiger partial charge on any atom is 0.410 e. The molecular formula is C25H38N4O4. The Morgan fingerprint density at radius 3 is 2.30 bits per heavy atom. The van der Waals surface area contributed by atoms with E-state index in [0.29, 0.717) is 45.2 Å². The number of piperazine rings is 1. The van der Waals surface area contributed by atoms with Gasteiger partial charge in [-0.25, -0.2) is 4.79 Å². The summed E-state index contributed by atoms with van der Waals surface area (Å²) in [5.41, 5.74) is 2.45. The SMILES string of the molecule is Cc1ccc(C)c(NC(=O)CN(CCC(=O)N2CCN(C(=O)OC(C)(C)C)CC2)C2CC2)c1. The van der Waals surface area contributed by atoms with Crippen LogP contribution in [0.25, 0.3) is 0 Å². The van der Waals surface area contributed by atoms with Crippen LogP contribution in [0.2, 0.25) is 0 Å². The van der Waals surface area contributed by atoms with E-state index < -0.39 is 5.60 Å². The quantitative estimate of drug-likeness (QED) is 0.679. The van der Waals surface area contributed by atoms with Crippen molar-refractivity contribution in [1.82, 2.24) is 14.7 Å². The molecule has 182 valence electrons. The molecule has 0 atom stereocenters. The zero-order chi connectivity index (χ0) is 24.2. The molecular weight excluding hydrogens is 420 g/mol. The lowest BCUT2D eigenvalue weighted by atomic mass is 10.1. The number of nitrogens with one attached hydrogen (secondary N) is 1. The number of hydrogen-bond donors (Lipinski definition) is 1. The van der Waals surface area contributed by atoms with Crippen LogP contribution in [0.15, 0.2) is 18.2 Å². The maximum atomic E-state index is 12.8. The molecule has 2 fully saturated rings. The number of carbonyl (C=O) groups excluding carboxylic acids is 3. The number of amides is 3. The van der Waals surface area contributed by atoms with E-state index in [2.05, 4.69) is 10.2 Å². The first-order valence-corrected chi connectivity index (χ1v) is 11.9. The fraction of sp³-hybridized carbons (Fsp3) is 0.640. The molecule has 1 aliphatic heterocycles. The number of ether oxygens (including phenoxy) is 1. The fourth-order valence-corrected chi connectivity index (χ4v) is 3.94. The smallest absolute Gasteiger partial charge is 0.410 e. The second-order valence-electron chi connectivity index (χ2n) is 10.2. The minimum atomic E-state index is -0.527. The van der Waals surface area contributed by atoms with Crippen LogP contribution in [-0.4, -0.2) is 83.5 Å². The lowest BCUT2D eigenvalue weighted by Gasteiger charge is -2.36. The van der Waals surface area contributed by atoms with Crippen LogP contribution in [0.5, 0.6) is 0 Å². The van der Waals surface area contributed by atoms with E-state index in [1.807, 2.05) is 57.7 Å². The number of anilines is 1. The first-order chi connectivity index (χ1) is 15.5. The minimum Gasteiger partial charge on any atom is -0.444 e. The highest BCUT2D eigenvalue weighted by Crippen LogP contribution is 2.27. The molecule has 1 heterocycles. The summed E-state index contributed by atoms with van der Waals surface area (Å²) < 4.78 is 5.42. The second-order valence-corrected chi connectivity index (χ2v) is 10.2. The molecule has 2 aliphatic rings. The average molecular weight is 459 g/mol. The molecule has 1 N–H and O–H groups in total. The van der Waals surface area contributed by atoms with Crippen molar-refractivity contribution in [3.05, 3.63) is 29.3 Å². The fourth-order valence-electron chi connectivity index (χ4n) is 3.94. The van der Waals surface area contributed by atoms with E-state index in [9.17, 15) is 14.4 Å². The molecule has 1 aromatic rings. The summed E-state index contributed by atoms with van der Waals surface area (Å²) in [6, 6.07) is 6.40. The highest BCUT2D eigenvalue weighted by atomic mass is 16.6. The molecule has 0 unspecified atom stereocenters. The van der Waals surface area contributed by atoms with E-state index in [4.69, 9.17) is 4.74 Å². The Bertz CT molecular complexity index is 868. The molecule has 0 aromatic heterocycles. The van der Waals surface area contributed by atoms with Gasteiger partial charge in [-0.15, -0.1) is 0 Å². The van der Waals surface area contributed by atoms with Crippen molar-refractivity contribution in [1.29, 1.82) is 0 Å². The largest absolute Gasteiger partial charge is 0.444 e. The van der Waals surface area contributed by atoms with Gasteiger partial charge in [-0.1, -0.05) is 12.1 Å². The summed E-state index contributed by atoms with van der Waals surface area (Å²) in [7, 11) is 0. The molecule has 0 radical (unpaired) electrons. The van der Waals surface area contributed by atoms with Crippen molar-refractivity contribution in [2.75, 3.05) is 44.6 Å². The Balaban J connectivity index is 1.45. The van der Waals surface area contributed by atoms with E-state index in [-0.39, 0.29) is 24.5 Å². The van der Waals surface area contributed by atoms with E-state index >= 15 is 0 Å². The number of hydrogen-bond acceptors (Lipinski definition) is 5. The Hall–Kier alpha value is -2.61. The molecule has 0 spiro atoms. The molecule has 8 nitrogen and oxygen atoms in total. The lowest BCUT2D eigenvalue weighted by molar-refractivity contribution is -0.133. The highest BCUT2D eigenvalue weighted by Gasteiger charge is 2.32. The van der Waals surface area contributed by atoms with Crippen LogP contribution in [0.4, 0.5) is 10.5 Å². The van der Waals surface area contributed by atoms with Gasteiger partial charge in [-0.05, 0) is 64.7 Å². The van der Waals surface area contributed by atoms with Crippen LogP contribution < -0.4 is 5.32 Å². The van der Waals surface area contributed by atoms with Crippen LogP contribution >= 0.6 is 0 Å². The molecule has 1 saturated heterocycles. The van der Waals surface area contributed by atoms with Gasteiger partial charge in [0.25, 0.3) is 0 Å². The zero-order valence-electron chi connectivity index (χ0n) is 20.6. The number of benzene rings is 1. The minimum absolute atomic E-state index is 0.0472. The van der Waals surface area contributed by atoms with Crippen molar-refractivity contribution >= 4 is 23.6 Å². The summed E-state index contributed by atoms with van der Waals surface area (Å²) in [6.07, 6.45) is 2.18. The van der Waals surface area contributed by atoms with Crippen LogP contribution in [0, 0.1) is 13.8 Å². The molecule has 3 rings (SSSR count).